The third-order valence-electron chi connectivity index (χ3n) is 4.77. The van der Waals surface area contributed by atoms with Crippen molar-refractivity contribution < 1.29 is 14.3 Å². The zero-order valence-corrected chi connectivity index (χ0v) is 14.7. The van der Waals surface area contributed by atoms with E-state index in [1.165, 1.54) is 32.1 Å². The first kappa shape index (κ1) is 18.0. The Balaban J connectivity index is 1.53. The molecule has 1 fully saturated rings. The molecular formula is C21H24N2O3. The van der Waals surface area contributed by atoms with Crippen LogP contribution in [0.1, 0.15) is 52.8 Å². The number of primary amides is 1. The molecule has 5 nitrogen and oxygen atoms in total. The second-order valence-electron chi connectivity index (χ2n) is 6.73. The van der Waals surface area contributed by atoms with Crippen molar-refractivity contribution in [3.63, 3.8) is 0 Å². The minimum Gasteiger partial charge on any atom is -0.457 e. The van der Waals surface area contributed by atoms with Crippen LogP contribution < -0.4 is 15.8 Å². The van der Waals surface area contributed by atoms with Crippen molar-refractivity contribution in [2.75, 3.05) is 6.54 Å². The highest BCUT2D eigenvalue weighted by molar-refractivity contribution is 5.94. The average molecular weight is 352 g/mol. The third kappa shape index (κ3) is 4.85. The predicted molar refractivity (Wildman–Crippen MR) is 100 cm³/mol. The van der Waals surface area contributed by atoms with Gasteiger partial charge in [-0.05, 0) is 67.3 Å². The second-order valence-corrected chi connectivity index (χ2v) is 6.73. The van der Waals surface area contributed by atoms with E-state index < -0.39 is 5.91 Å². The number of ether oxygens (including phenoxy) is 1. The minimum absolute atomic E-state index is 0.0482. The van der Waals surface area contributed by atoms with Gasteiger partial charge in [0.05, 0.1) is 0 Å². The summed E-state index contributed by atoms with van der Waals surface area (Å²) in [6.07, 6.45) is 6.28. The zero-order valence-electron chi connectivity index (χ0n) is 14.7. The molecule has 0 unspecified atom stereocenters. The Kier molecular flexibility index (Phi) is 5.89. The molecule has 0 atom stereocenters. The number of hydrogen-bond acceptors (Lipinski definition) is 3. The smallest absolute Gasteiger partial charge is 0.251 e. The lowest BCUT2D eigenvalue weighted by molar-refractivity contribution is 0.0942. The number of amides is 2. The van der Waals surface area contributed by atoms with Gasteiger partial charge >= 0.3 is 0 Å². The van der Waals surface area contributed by atoms with Crippen molar-refractivity contribution in [3.05, 3.63) is 59.7 Å². The van der Waals surface area contributed by atoms with E-state index in [-0.39, 0.29) is 5.91 Å². The maximum atomic E-state index is 12.3. The lowest BCUT2D eigenvalue weighted by Crippen LogP contribution is -2.30. The maximum Gasteiger partial charge on any atom is 0.251 e. The Morgan fingerprint density at radius 2 is 1.42 bits per heavy atom. The number of nitrogens with one attached hydrogen (secondary N) is 1. The Morgan fingerprint density at radius 3 is 1.96 bits per heavy atom. The molecule has 5 heteroatoms. The summed E-state index contributed by atoms with van der Waals surface area (Å²) in [6, 6.07) is 13.6. The fourth-order valence-corrected chi connectivity index (χ4v) is 3.23. The number of hydrogen-bond donors (Lipinski definition) is 2. The molecule has 3 rings (SSSR count). The summed E-state index contributed by atoms with van der Waals surface area (Å²) in [5.41, 5.74) is 6.27. The molecule has 2 aromatic rings. The zero-order chi connectivity index (χ0) is 18.4. The first-order chi connectivity index (χ1) is 12.6. The van der Waals surface area contributed by atoms with Crippen LogP contribution in [0.2, 0.25) is 0 Å². The van der Waals surface area contributed by atoms with E-state index >= 15 is 0 Å². The number of rotatable bonds is 6. The van der Waals surface area contributed by atoms with E-state index in [0.717, 1.165) is 6.54 Å². The Morgan fingerprint density at radius 1 is 0.885 bits per heavy atom. The van der Waals surface area contributed by atoms with Gasteiger partial charge in [-0.2, -0.15) is 0 Å². The molecule has 2 amide bonds. The Labute approximate surface area is 153 Å². The molecule has 1 saturated carbocycles. The van der Waals surface area contributed by atoms with Crippen LogP contribution in [0, 0.1) is 5.92 Å². The van der Waals surface area contributed by atoms with Crippen molar-refractivity contribution >= 4 is 11.8 Å². The van der Waals surface area contributed by atoms with Gasteiger partial charge in [-0.1, -0.05) is 19.3 Å². The van der Waals surface area contributed by atoms with Crippen molar-refractivity contribution in [1.82, 2.24) is 5.32 Å². The second kappa shape index (κ2) is 8.52. The van der Waals surface area contributed by atoms with Gasteiger partial charge in [0, 0.05) is 17.7 Å². The highest BCUT2D eigenvalue weighted by atomic mass is 16.5. The normalized spacial score (nSPS) is 14.6. The quantitative estimate of drug-likeness (QED) is 0.827. The minimum atomic E-state index is -0.472. The van der Waals surface area contributed by atoms with Crippen LogP contribution in [0.4, 0.5) is 0 Å². The summed E-state index contributed by atoms with van der Waals surface area (Å²) in [4.78, 5) is 23.3. The van der Waals surface area contributed by atoms with E-state index in [1.807, 2.05) is 0 Å². The van der Waals surface area contributed by atoms with Gasteiger partial charge in [-0.15, -0.1) is 0 Å². The molecular weight excluding hydrogens is 328 g/mol. The van der Waals surface area contributed by atoms with Crippen LogP contribution in [0.5, 0.6) is 11.5 Å². The SMILES string of the molecule is NC(=O)c1ccc(Oc2ccc(C(=O)NCC3CCCCC3)cc2)cc1. The van der Waals surface area contributed by atoms with E-state index in [2.05, 4.69) is 5.32 Å². The van der Waals surface area contributed by atoms with E-state index in [0.29, 0.717) is 28.5 Å². The molecule has 26 heavy (non-hydrogen) atoms. The van der Waals surface area contributed by atoms with Gasteiger partial charge < -0.3 is 15.8 Å². The first-order valence-corrected chi connectivity index (χ1v) is 9.08. The van der Waals surface area contributed by atoms with Crippen LogP contribution in [0.25, 0.3) is 0 Å². The van der Waals surface area contributed by atoms with Crippen LogP contribution in [-0.2, 0) is 0 Å². The molecule has 0 bridgehead atoms. The number of benzene rings is 2. The van der Waals surface area contributed by atoms with Gasteiger partial charge in [0.15, 0.2) is 0 Å². The lowest BCUT2D eigenvalue weighted by atomic mass is 9.89. The molecule has 3 N–H and O–H groups in total. The predicted octanol–water partition coefficient (Wildman–Crippen LogP) is 3.89. The van der Waals surface area contributed by atoms with Gasteiger partial charge in [0.2, 0.25) is 5.91 Å². The maximum absolute atomic E-state index is 12.3. The van der Waals surface area contributed by atoms with Crippen molar-refractivity contribution in [2.45, 2.75) is 32.1 Å². The van der Waals surface area contributed by atoms with E-state index in [9.17, 15) is 9.59 Å². The van der Waals surface area contributed by atoms with Gasteiger partial charge in [-0.3, -0.25) is 9.59 Å². The van der Waals surface area contributed by atoms with Crippen LogP contribution >= 0.6 is 0 Å². The lowest BCUT2D eigenvalue weighted by Gasteiger charge is -2.21. The monoisotopic (exact) mass is 352 g/mol. The molecule has 2 aromatic carbocycles. The summed E-state index contributed by atoms with van der Waals surface area (Å²) in [7, 11) is 0. The number of carbonyl (C=O) groups is 2. The topological polar surface area (TPSA) is 81.4 Å². The van der Waals surface area contributed by atoms with E-state index in [4.69, 9.17) is 10.5 Å². The highest BCUT2D eigenvalue weighted by Crippen LogP contribution is 2.24. The largest absolute Gasteiger partial charge is 0.457 e. The van der Waals surface area contributed by atoms with Crippen molar-refractivity contribution in [1.29, 1.82) is 0 Å². The molecule has 0 aromatic heterocycles. The fraction of sp³-hybridized carbons (Fsp3) is 0.333. The number of carbonyl (C=O) groups excluding carboxylic acids is 2. The molecule has 1 aliphatic rings. The van der Waals surface area contributed by atoms with Gasteiger partial charge in [0.25, 0.3) is 5.91 Å². The standard InChI is InChI=1S/C21H24N2O3/c22-20(24)16-6-10-18(11-7-16)26-19-12-8-17(9-13-19)21(25)23-14-15-4-2-1-3-5-15/h6-13,15H,1-5,14H2,(H2,22,24)(H,23,25). The molecule has 0 radical (unpaired) electrons. The van der Waals surface area contributed by atoms with Crippen molar-refractivity contribution in [3.8, 4) is 11.5 Å². The summed E-state index contributed by atoms with van der Waals surface area (Å²) in [5.74, 6) is 1.32. The highest BCUT2D eigenvalue weighted by Gasteiger charge is 2.15. The third-order valence-corrected chi connectivity index (χ3v) is 4.77. The molecule has 1 aliphatic carbocycles. The molecule has 0 spiro atoms. The van der Waals surface area contributed by atoms with E-state index in [1.54, 1.807) is 48.5 Å². The Bertz CT molecular complexity index is 748. The summed E-state index contributed by atoms with van der Waals surface area (Å²) in [6.45, 7) is 0.753. The van der Waals surface area contributed by atoms with Crippen molar-refractivity contribution in [2.24, 2.45) is 11.7 Å². The summed E-state index contributed by atoms with van der Waals surface area (Å²) in [5, 5.41) is 3.03. The number of nitrogens with two attached hydrogens (primary N) is 1. The van der Waals surface area contributed by atoms with Crippen LogP contribution in [-0.4, -0.2) is 18.4 Å². The molecule has 0 saturated heterocycles. The molecule has 0 heterocycles. The fourth-order valence-electron chi connectivity index (χ4n) is 3.23. The van der Waals surface area contributed by atoms with Gasteiger partial charge in [-0.25, -0.2) is 0 Å². The summed E-state index contributed by atoms with van der Waals surface area (Å²) < 4.78 is 5.72. The first-order valence-electron chi connectivity index (χ1n) is 9.08. The Hall–Kier alpha value is -2.82. The van der Waals surface area contributed by atoms with Crippen LogP contribution in [0.15, 0.2) is 48.5 Å². The molecule has 0 aliphatic heterocycles. The summed E-state index contributed by atoms with van der Waals surface area (Å²) >= 11 is 0. The average Bonchev–Trinajstić information content (AvgIpc) is 2.68. The van der Waals surface area contributed by atoms with Gasteiger partial charge in [0.1, 0.15) is 11.5 Å². The molecule has 136 valence electrons. The van der Waals surface area contributed by atoms with Crippen LogP contribution in [0.3, 0.4) is 0 Å².